The molecule has 1 aromatic rings. The van der Waals surface area contributed by atoms with E-state index in [0.29, 0.717) is 26.1 Å². The Morgan fingerprint density at radius 1 is 1.10 bits per heavy atom. The van der Waals surface area contributed by atoms with Crippen LogP contribution in [0.4, 0.5) is 4.79 Å². The lowest BCUT2D eigenvalue weighted by Gasteiger charge is -2.32. The van der Waals surface area contributed by atoms with Crippen LogP contribution in [0.3, 0.4) is 0 Å². The summed E-state index contributed by atoms with van der Waals surface area (Å²) in [7, 11) is 0. The number of rotatable bonds is 8. The van der Waals surface area contributed by atoms with Crippen LogP contribution >= 0.6 is 0 Å². The van der Waals surface area contributed by atoms with Gasteiger partial charge in [0.25, 0.3) is 0 Å². The first kappa shape index (κ1) is 24.5. The lowest BCUT2D eigenvalue weighted by atomic mass is 10.0. The zero-order valence-corrected chi connectivity index (χ0v) is 19.0. The molecular formula is C23H35N3O5. The van der Waals surface area contributed by atoms with Crippen molar-refractivity contribution in [2.45, 2.75) is 65.0 Å². The summed E-state index contributed by atoms with van der Waals surface area (Å²) < 4.78 is 10.6. The second-order valence-corrected chi connectivity index (χ2v) is 8.65. The molecule has 0 saturated carbocycles. The van der Waals surface area contributed by atoms with Crippen LogP contribution in [0, 0.1) is 0 Å². The van der Waals surface area contributed by atoms with Crippen LogP contribution in [0.25, 0.3) is 0 Å². The molecule has 31 heavy (non-hydrogen) atoms. The van der Waals surface area contributed by atoms with Gasteiger partial charge in [0, 0.05) is 32.1 Å². The molecule has 0 atom stereocenters. The molecule has 1 aliphatic heterocycles. The lowest BCUT2D eigenvalue weighted by molar-refractivity contribution is -0.132. The fourth-order valence-corrected chi connectivity index (χ4v) is 3.35. The fourth-order valence-electron chi connectivity index (χ4n) is 3.35. The van der Waals surface area contributed by atoms with E-state index in [0.717, 1.165) is 24.2 Å². The number of hydrogen-bond donors (Lipinski definition) is 2. The smallest absolute Gasteiger partial charge is 0.407 e. The Balaban J connectivity index is 1.65. The number of carbonyl (C=O) groups excluding carboxylic acids is 3. The van der Waals surface area contributed by atoms with Crippen LogP contribution in [0.5, 0.6) is 5.75 Å². The molecule has 2 rings (SSSR count). The van der Waals surface area contributed by atoms with Gasteiger partial charge in [-0.1, -0.05) is 12.1 Å². The Labute approximate surface area is 184 Å². The van der Waals surface area contributed by atoms with Crippen molar-refractivity contribution < 1.29 is 23.9 Å². The lowest BCUT2D eigenvalue weighted by Crippen LogP contribution is -2.47. The average molecular weight is 434 g/mol. The van der Waals surface area contributed by atoms with Crippen molar-refractivity contribution in [1.29, 1.82) is 0 Å². The Bertz CT molecular complexity index is 735. The molecule has 0 aliphatic carbocycles. The number of piperidine rings is 1. The number of alkyl carbamates (subject to hydrolysis) is 1. The van der Waals surface area contributed by atoms with Gasteiger partial charge in [0.1, 0.15) is 11.4 Å². The van der Waals surface area contributed by atoms with Crippen LogP contribution < -0.4 is 15.4 Å². The first-order chi connectivity index (χ1) is 14.7. The molecule has 1 saturated heterocycles. The Morgan fingerprint density at radius 2 is 1.74 bits per heavy atom. The number of nitrogens with zero attached hydrogens (tertiary/aromatic N) is 1. The molecule has 0 bridgehead atoms. The van der Waals surface area contributed by atoms with E-state index in [2.05, 4.69) is 10.6 Å². The van der Waals surface area contributed by atoms with Gasteiger partial charge in [-0.3, -0.25) is 9.59 Å². The van der Waals surface area contributed by atoms with Crippen molar-refractivity contribution >= 4 is 17.9 Å². The highest BCUT2D eigenvalue weighted by atomic mass is 16.6. The standard InChI is InChI=1S/C23H35N3O5/c1-5-30-19-8-6-17(7-9-19)16-20(27)25-18-11-14-26(15-12-18)21(28)10-13-24-22(29)31-23(2,3)4/h6-9,18H,5,10-16H2,1-4H3,(H,24,29)(H,25,27). The van der Waals surface area contributed by atoms with Gasteiger partial charge in [-0.05, 0) is 58.2 Å². The molecular weight excluding hydrogens is 398 g/mol. The minimum atomic E-state index is -0.562. The van der Waals surface area contributed by atoms with Gasteiger partial charge >= 0.3 is 6.09 Å². The quantitative estimate of drug-likeness (QED) is 0.657. The average Bonchev–Trinajstić information content (AvgIpc) is 2.68. The van der Waals surface area contributed by atoms with Gasteiger partial charge in [-0.15, -0.1) is 0 Å². The Morgan fingerprint density at radius 3 is 2.32 bits per heavy atom. The van der Waals surface area contributed by atoms with Crippen molar-refractivity contribution in [3.63, 3.8) is 0 Å². The Hall–Kier alpha value is -2.77. The minimum Gasteiger partial charge on any atom is -0.494 e. The molecule has 3 amide bonds. The number of amides is 3. The first-order valence-electron chi connectivity index (χ1n) is 10.9. The molecule has 0 radical (unpaired) electrons. The number of benzene rings is 1. The molecule has 2 N–H and O–H groups in total. The molecule has 1 heterocycles. The zero-order chi connectivity index (χ0) is 22.9. The first-order valence-corrected chi connectivity index (χ1v) is 10.9. The van der Waals surface area contributed by atoms with E-state index < -0.39 is 11.7 Å². The summed E-state index contributed by atoms with van der Waals surface area (Å²) in [5.74, 6) is 0.774. The highest BCUT2D eigenvalue weighted by Crippen LogP contribution is 2.14. The second-order valence-electron chi connectivity index (χ2n) is 8.65. The maximum Gasteiger partial charge on any atom is 0.407 e. The third-order valence-electron chi connectivity index (χ3n) is 4.82. The molecule has 1 aromatic carbocycles. The van der Waals surface area contributed by atoms with E-state index in [4.69, 9.17) is 9.47 Å². The summed E-state index contributed by atoms with van der Waals surface area (Å²) in [6.07, 6.45) is 1.48. The van der Waals surface area contributed by atoms with Crippen molar-refractivity contribution in [1.82, 2.24) is 15.5 Å². The van der Waals surface area contributed by atoms with E-state index in [-0.39, 0.29) is 30.8 Å². The highest BCUT2D eigenvalue weighted by Gasteiger charge is 2.24. The SMILES string of the molecule is CCOc1ccc(CC(=O)NC2CCN(C(=O)CCNC(=O)OC(C)(C)C)CC2)cc1. The summed E-state index contributed by atoms with van der Waals surface area (Å²) in [6, 6.07) is 7.61. The monoisotopic (exact) mass is 433 g/mol. The molecule has 0 unspecified atom stereocenters. The number of nitrogens with one attached hydrogen (secondary N) is 2. The van der Waals surface area contributed by atoms with E-state index in [1.54, 1.807) is 25.7 Å². The largest absolute Gasteiger partial charge is 0.494 e. The van der Waals surface area contributed by atoms with E-state index in [1.165, 1.54) is 0 Å². The van der Waals surface area contributed by atoms with Gasteiger partial charge in [-0.25, -0.2) is 4.79 Å². The second kappa shape index (κ2) is 11.6. The van der Waals surface area contributed by atoms with E-state index in [1.807, 2.05) is 31.2 Å². The molecule has 0 aromatic heterocycles. The number of likely N-dealkylation sites (tertiary alicyclic amines) is 1. The third kappa shape index (κ3) is 9.27. The van der Waals surface area contributed by atoms with Crippen LogP contribution in [-0.2, 0) is 20.7 Å². The van der Waals surface area contributed by atoms with Gasteiger partial charge in [-0.2, -0.15) is 0 Å². The van der Waals surface area contributed by atoms with Crippen molar-refractivity contribution in [2.75, 3.05) is 26.2 Å². The molecule has 1 fully saturated rings. The topological polar surface area (TPSA) is 97.0 Å². The van der Waals surface area contributed by atoms with E-state index >= 15 is 0 Å². The summed E-state index contributed by atoms with van der Waals surface area (Å²) in [6.45, 7) is 9.35. The summed E-state index contributed by atoms with van der Waals surface area (Å²) >= 11 is 0. The van der Waals surface area contributed by atoms with Crippen LogP contribution in [0.2, 0.25) is 0 Å². The van der Waals surface area contributed by atoms with Gasteiger partial charge in [0.2, 0.25) is 11.8 Å². The predicted octanol–water partition coefficient (Wildman–Crippen LogP) is 2.65. The summed E-state index contributed by atoms with van der Waals surface area (Å²) in [5.41, 5.74) is 0.374. The van der Waals surface area contributed by atoms with Gasteiger partial charge in [0.05, 0.1) is 13.0 Å². The maximum atomic E-state index is 12.3. The van der Waals surface area contributed by atoms with Gasteiger partial charge in [0.15, 0.2) is 0 Å². The van der Waals surface area contributed by atoms with Crippen molar-refractivity contribution in [3.05, 3.63) is 29.8 Å². The summed E-state index contributed by atoms with van der Waals surface area (Å²) in [5, 5.41) is 5.67. The van der Waals surface area contributed by atoms with Gasteiger partial charge < -0.3 is 25.0 Å². The maximum absolute atomic E-state index is 12.3. The van der Waals surface area contributed by atoms with E-state index in [9.17, 15) is 14.4 Å². The molecule has 172 valence electrons. The highest BCUT2D eigenvalue weighted by molar-refractivity contribution is 5.79. The molecule has 1 aliphatic rings. The van der Waals surface area contributed by atoms with Crippen LogP contribution in [0.15, 0.2) is 24.3 Å². The van der Waals surface area contributed by atoms with Crippen LogP contribution in [0.1, 0.15) is 52.5 Å². The normalized spacial score (nSPS) is 14.6. The number of carbonyl (C=O) groups is 3. The van der Waals surface area contributed by atoms with Crippen LogP contribution in [-0.4, -0.2) is 60.7 Å². The minimum absolute atomic E-state index is 0.00442. The molecule has 0 spiro atoms. The Kier molecular flexibility index (Phi) is 9.15. The zero-order valence-electron chi connectivity index (χ0n) is 19.0. The van der Waals surface area contributed by atoms with Crippen molar-refractivity contribution in [2.24, 2.45) is 0 Å². The predicted molar refractivity (Wildman–Crippen MR) is 118 cm³/mol. The number of ether oxygens (including phenoxy) is 2. The summed E-state index contributed by atoms with van der Waals surface area (Å²) in [4.78, 5) is 38.1. The third-order valence-corrected chi connectivity index (χ3v) is 4.82. The molecule has 8 nitrogen and oxygen atoms in total. The molecule has 8 heteroatoms. The van der Waals surface area contributed by atoms with Crippen molar-refractivity contribution in [3.8, 4) is 5.75 Å². The fraction of sp³-hybridized carbons (Fsp3) is 0.609. The number of hydrogen-bond acceptors (Lipinski definition) is 5.